The van der Waals surface area contributed by atoms with Gasteiger partial charge in [0, 0.05) is 11.6 Å². The van der Waals surface area contributed by atoms with Crippen LogP contribution in [0.25, 0.3) is 0 Å². The molecule has 0 saturated heterocycles. The summed E-state index contributed by atoms with van der Waals surface area (Å²) in [7, 11) is 1.64. The average molecular weight is 385 g/mol. The monoisotopic (exact) mass is 383 g/mol. The average Bonchev–Trinajstić information content (AvgIpc) is 2.58. The predicted octanol–water partition coefficient (Wildman–Crippen LogP) is 3.67. The van der Waals surface area contributed by atoms with Gasteiger partial charge in [0.15, 0.2) is 0 Å². The summed E-state index contributed by atoms with van der Waals surface area (Å²) in [5, 5.41) is 2.98. The van der Waals surface area contributed by atoms with E-state index >= 15 is 0 Å². The van der Waals surface area contributed by atoms with Crippen molar-refractivity contribution in [2.24, 2.45) is 5.92 Å². The molecule has 0 fully saturated rings. The van der Waals surface area contributed by atoms with Crippen LogP contribution in [0.5, 0.6) is 0 Å². The number of rotatable bonds is 5. The van der Waals surface area contributed by atoms with Gasteiger partial charge >= 0.3 is 0 Å². The smallest absolute Gasteiger partial charge is 0.261 e. The molecular formula is C11H15Br2NO2S. The van der Waals surface area contributed by atoms with Crippen molar-refractivity contribution < 1.29 is 9.53 Å². The van der Waals surface area contributed by atoms with Crippen LogP contribution in [0.2, 0.25) is 0 Å². The van der Waals surface area contributed by atoms with Crippen molar-refractivity contribution in [3.05, 3.63) is 19.2 Å². The van der Waals surface area contributed by atoms with Crippen LogP contribution in [0.15, 0.2) is 14.3 Å². The molecular weight excluding hydrogens is 370 g/mol. The van der Waals surface area contributed by atoms with Gasteiger partial charge in [-0.25, -0.2) is 0 Å². The second-order valence-corrected chi connectivity index (χ2v) is 7.24. The Balaban J connectivity index is 2.70. The number of halogens is 2. The van der Waals surface area contributed by atoms with Crippen molar-refractivity contribution in [3.63, 3.8) is 0 Å². The molecule has 1 N–H and O–H groups in total. The maximum Gasteiger partial charge on any atom is 0.261 e. The van der Waals surface area contributed by atoms with Gasteiger partial charge in [0.1, 0.15) is 0 Å². The topological polar surface area (TPSA) is 38.3 Å². The molecule has 1 amide bonds. The largest absolute Gasteiger partial charge is 0.383 e. The summed E-state index contributed by atoms with van der Waals surface area (Å²) in [5.41, 5.74) is 0. The number of hydrogen-bond acceptors (Lipinski definition) is 3. The predicted molar refractivity (Wildman–Crippen MR) is 77.7 cm³/mol. The standard InChI is InChI=1S/C11H15Br2NO2S/c1-6(2)8(5-16-3)14-11(15)9-4-7(12)10(13)17-9/h4,6,8H,5H2,1-3H3,(H,14,15). The zero-order valence-corrected chi connectivity index (χ0v) is 13.9. The molecule has 0 aliphatic heterocycles. The van der Waals surface area contributed by atoms with Gasteiger partial charge < -0.3 is 10.1 Å². The molecule has 17 heavy (non-hydrogen) atoms. The third kappa shape index (κ3) is 4.35. The van der Waals surface area contributed by atoms with Crippen molar-refractivity contribution in [2.45, 2.75) is 19.9 Å². The van der Waals surface area contributed by atoms with Crippen LogP contribution in [0, 0.1) is 5.92 Å². The van der Waals surface area contributed by atoms with Crippen LogP contribution in [0.3, 0.4) is 0 Å². The normalized spacial score (nSPS) is 12.8. The Kier molecular flexibility index (Phi) is 6.12. The van der Waals surface area contributed by atoms with E-state index in [0.717, 1.165) is 8.26 Å². The zero-order valence-electron chi connectivity index (χ0n) is 9.92. The van der Waals surface area contributed by atoms with E-state index in [1.165, 1.54) is 11.3 Å². The van der Waals surface area contributed by atoms with Gasteiger partial charge in [0.05, 0.1) is 21.3 Å². The SMILES string of the molecule is COCC(NC(=O)c1cc(Br)c(Br)s1)C(C)C. The fourth-order valence-electron chi connectivity index (χ4n) is 1.28. The molecule has 0 radical (unpaired) electrons. The highest BCUT2D eigenvalue weighted by molar-refractivity contribution is 9.13. The van der Waals surface area contributed by atoms with Crippen LogP contribution in [0.4, 0.5) is 0 Å². The van der Waals surface area contributed by atoms with Gasteiger partial charge in [-0.05, 0) is 43.8 Å². The highest BCUT2D eigenvalue weighted by Gasteiger charge is 2.19. The van der Waals surface area contributed by atoms with E-state index in [-0.39, 0.29) is 11.9 Å². The molecule has 0 aliphatic carbocycles. The van der Waals surface area contributed by atoms with Gasteiger partial charge in [-0.15, -0.1) is 11.3 Å². The fourth-order valence-corrected chi connectivity index (χ4v) is 3.22. The number of carbonyl (C=O) groups excluding carboxylic acids is 1. The number of carbonyl (C=O) groups is 1. The number of ether oxygens (including phenoxy) is 1. The van der Waals surface area contributed by atoms with E-state index in [4.69, 9.17) is 4.74 Å². The van der Waals surface area contributed by atoms with Crippen molar-refractivity contribution >= 4 is 49.1 Å². The van der Waals surface area contributed by atoms with Crippen LogP contribution >= 0.6 is 43.2 Å². The van der Waals surface area contributed by atoms with Crippen LogP contribution in [-0.4, -0.2) is 25.7 Å². The molecule has 3 nitrogen and oxygen atoms in total. The summed E-state index contributed by atoms with van der Waals surface area (Å²) in [4.78, 5) is 12.7. The number of amides is 1. The van der Waals surface area contributed by atoms with Crippen molar-refractivity contribution in [3.8, 4) is 0 Å². The fraction of sp³-hybridized carbons (Fsp3) is 0.545. The Morgan fingerprint density at radius 2 is 2.18 bits per heavy atom. The van der Waals surface area contributed by atoms with E-state index < -0.39 is 0 Å². The second-order valence-electron chi connectivity index (χ2n) is 4.01. The molecule has 1 aromatic rings. The Hall–Kier alpha value is 0.0900. The van der Waals surface area contributed by atoms with Gasteiger partial charge in [-0.3, -0.25) is 4.79 Å². The molecule has 0 aromatic carbocycles. The number of nitrogens with one attached hydrogen (secondary N) is 1. The first-order valence-corrected chi connectivity index (χ1v) is 7.60. The van der Waals surface area contributed by atoms with Crippen molar-refractivity contribution in [2.75, 3.05) is 13.7 Å². The quantitative estimate of drug-likeness (QED) is 0.840. The zero-order chi connectivity index (χ0) is 13.0. The number of methoxy groups -OCH3 is 1. The number of hydrogen-bond donors (Lipinski definition) is 1. The molecule has 0 bridgehead atoms. The lowest BCUT2D eigenvalue weighted by Gasteiger charge is -2.21. The molecule has 1 atom stereocenters. The van der Waals surface area contributed by atoms with Crippen LogP contribution in [0.1, 0.15) is 23.5 Å². The lowest BCUT2D eigenvalue weighted by molar-refractivity contribution is 0.0870. The Labute approximate surface area is 122 Å². The lowest BCUT2D eigenvalue weighted by Crippen LogP contribution is -2.41. The second kappa shape index (κ2) is 6.87. The summed E-state index contributed by atoms with van der Waals surface area (Å²) in [6.07, 6.45) is 0. The van der Waals surface area contributed by atoms with Crippen LogP contribution in [-0.2, 0) is 4.74 Å². The summed E-state index contributed by atoms with van der Waals surface area (Å²) < 4.78 is 6.93. The van der Waals surface area contributed by atoms with E-state index in [0.29, 0.717) is 17.4 Å². The first-order chi connectivity index (χ1) is 7.95. The maximum atomic E-state index is 12.0. The summed E-state index contributed by atoms with van der Waals surface area (Å²) >= 11 is 8.16. The lowest BCUT2D eigenvalue weighted by atomic mass is 10.1. The van der Waals surface area contributed by atoms with Gasteiger partial charge in [0.2, 0.25) is 0 Å². The van der Waals surface area contributed by atoms with E-state index in [9.17, 15) is 4.79 Å². The minimum Gasteiger partial charge on any atom is -0.383 e. The molecule has 1 heterocycles. The number of thiophene rings is 1. The third-order valence-corrected chi connectivity index (χ3v) is 5.59. The Bertz CT molecular complexity index is 373. The Morgan fingerprint density at radius 1 is 1.53 bits per heavy atom. The van der Waals surface area contributed by atoms with Gasteiger partial charge in [-0.1, -0.05) is 13.8 Å². The van der Waals surface area contributed by atoms with Gasteiger partial charge in [-0.2, -0.15) is 0 Å². The minimum atomic E-state index is -0.0582. The van der Waals surface area contributed by atoms with Crippen molar-refractivity contribution in [1.29, 1.82) is 0 Å². The molecule has 0 aliphatic rings. The molecule has 6 heteroatoms. The summed E-state index contributed by atoms with van der Waals surface area (Å²) in [6.45, 7) is 4.64. The van der Waals surface area contributed by atoms with Crippen LogP contribution < -0.4 is 5.32 Å². The van der Waals surface area contributed by atoms with E-state index in [1.807, 2.05) is 6.07 Å². The molecule has 0 saturated carbocycles. The summed E-state index contributed by atoms with van der Waals surface area (Å²) in [6, 6.07) is 1.85. The minimum absolute atomic E-state index is 0.0344. The van der Waals surface area contributed by atoms with Gasteiger partial charge in [0.25, 0.3) is 5.91 Å². The first kappa shape index (κ1) is 15.1. The Morgan fingerprint density at radius 3 is 2.59 bits per heavy atom. The first-order valence-electron chi connectivity index (χ1n) is 5.20. The molecule has 1 unspecified atom stereocenters. The molecule has 0 spiro atoms. The highest BCUT2D eigenvalue weighted by Crippen LogP contribution is 2.32. The highest BCUT2D eigenvalue weighted by atomic mass is 79.9. The van der Waals surface area contributed by atoms with E-state index in [1.54, 1.807) is 7.11 Å². The maximum absolute atomic E-state index is 12.0. The molecule has 1 aromatic heterocycles. The third-order valence-electron chi connectivity index (χ3n) is 2.34. The molecule has 96 valence electrons. The summed E-state index contributed by atoms with van der Waals surface area (Å²) in [5.74, 6) is 0.280. The van der Waals surface area contributed by atoms with E-state index in [2.05, 4.69) is 51.0 Å². The van der Waals surface area contributed by atoms with Crippen molar-refractivity contribution in [1.82, 2.24) is 5.32 Å². The molecule has 1 rings (SSSR count).